The van der Waals surface area contributed by atoms with Crippen molar-refractivity contribution in [1.29, 1.82) is 0 Å². The van der Waals surface area contributed by atoms with Crippen LogP contribution in [0.1, 0.15) is 44.2 Å². The van der Waals surface area contributed by atoms with Crippen molar-refractivity contribution in [1.82, 2.24) is 9.97 Å². The third kappa shape index (κ3) is 3.19. The topological polar surface area (TPSA) is 109 Å². The van der Waals surface area contributed by atoms with E-state index in [1.165, 1.54) is 11.8 Å². The molecule has 0 aliphatic carbocycles. The predicted molar refractivity (Wildman–Crippen MR) is 116 cm³/mol. The third-order valence-electron chi connectivity index (χ3n) is 6.82. The molecule has 2 atom stereocenters. The molecule has 1 saturated heterocycles. The molecule has 0 saturated carbocycles. The van der Waals surface area contributed by atoms with E-state index < -0.39 is 25.4 Å². The SMILES string of the molecule is CC1(C)OB(c2cnc3c(c2)CCN3)OC1(C)CC1CNc2ncc(B(O)O)cc21. The number of hydrogen-bond donors (Lipinski definition) is 4. The molecule has 3 aliphatic heterocycles. The molecule has 3 aliphatic rings. The third-order valence-corrected chi connectivity index (χ3v) is 6.82. The smallest absolute Gasteiger partial charge is 0.423 e. The van der Waals surface area contributed by atoms with E-state index in [4.69, 9.17) is 9.31 Å². The van der Waals surface area contributed by atoms with Gasteiger partial charge in [0.05, 0.1) is 11.2 Å². The number of nitrogens with zero attached hydrogens (tertiary/aromatic N) is 2. The van der Waals surface area contributed by atoms with Gasteiger partial charge in [-0.05, 0) is 44.7 Å². The van der Waals surface area contributed by atoms with Crippen molar-refractivity contribution in [3.8, 4) is 0 Å². The van der Waals surface area contributed by atoms with Crippen LogP contribution in [0.15, 0.2) is 24.5 Å². The minimum atomic E-state index is -1.53. The highest BCUT2D eigenvalue weighted by atomic mass is 16.7. The van der Waals surface area contributed by atoms with Crippen LogP contribution in [0.5, 0.6) is 0 Å². The fourth-order valence-electron chi connectivity index (χ4n) is 4.63. The number of aromatic nitrogens is 2. The highest BCUT2D eigenvalue weighted by molar-refractivity contribution is 6.62. The summed E-state index contributed by atoms with van der Waals surface area (Å²) in [5.74, 6) is 1.86. The van der Waals surface area contributed by atoms with Crippen LogP contribution >= 0.6 is 0 Å². The minimum Gasteiger partial charge on any atom is -0.423 e. The molecule has 5 rings (SSSR count). The first-order valence-corrected chi connectivity index (χ1v) is 10.4. The van der Waals surface area contributed by atoms with Crippen LogP contribution in [-0.2, 0) is 15.7 Å². The van der Waals surface area contributed by atoms with Crippen LogP contribution in [0.3, 0.4) is 0 Å². The number of anilines is 2. The van der Waals surface area contributed by atoms with Gasteiger partial charge in [0.25, 0.3) is 0 Å². The first-order chi connectivity index (χ1) is 14.3. The molecule has 0 amide bonds. The van der Waals surface area contributed by atoms with Gasteiger partial charge >= 0.3 is 14.2 Å². The van der Waals surface area contributed by atoms with E-state index in [1.54, 1.807) is 0 Å². The average Bonchev–Trinajstić information content (AvgIpc) is 3.38. The standard InChI is InChI=1S/C20H26B2N4O4/c1-19(2)20(3,8-13-9-24-18-16(13)7-14(10-26-18)21(27)28)30-22(29-19)15-6-12-4-5-23-17(12)25-11-15/h6-7,10-11,13,27-28H,4-5,8-9H2,1-3H3,(H,23,25)(H,24,26). The second-order valence-electron chi connectivity index (χ2n) is 9.12. The zero-order valence-electron chi connectivity index (χ0n) is 17.5. The minimum absolute atomic E-state index is 0.125. The zero-order valence-corrected chi connectivity index (χ0v) is 17.5. The summed E-state index contributed by atoms with van der Waals surface area (Å²) in [6.45, 7) is 7.84. The van der Waals surface area contributed by atoms with Crippen molar-refractivity contribution in [2.75, 3.05) is 23.7 Å². The highest BCUT2D eigenvalue weighted by Gasteiger charge is 2.55. The molecule has 1 fully saturated rings. The summed E-state index contributed by atoms with van der Waals surface area (Å²) < 4.78 is 12.9. The number of rotatable bonds is 4. The van der Waals surface area contributed by atoms with E-state index >= 15 is 0 Å². The largest absolute Gasteiger partial charge is 0.496 e. The second kappa shape index (κ2) is 6.95. The van der Waals surface area contributed by atoms with Gasteiger partial charge in [-0.3, -0.25) is 0 Å². The monoisotopic (exact) mass is 408 g/mol. The van der Waals surface area contributed by atoms with E-state index in [9.17, 15) is 10.0 Å². The molecule has 0 radical (unpaired) electrons. The lowest BCUT2D eigenvalue weighted by molar-refractivity contribution is -0.0194. The van der Waals surface area contributed by atoms with E-state index in [0.29, 0.717) is 11.9 Å². The Kier molecular flexibility index (Phi) is 4.59. The van der Waals surface area contributed by atoms with E-state index in [-0.39, 0.29) is 5.92 Å². The predicted octanol–water partition coefficient (Wildman–Crippen LogP) is 0.00310. The molecule has 4 N–H and O–H groups in total. The number of hydrogen-bond acceptors (Lipinski definition) is 8. The van der Waals surface area contributed by atoms with Crippen molar-refractivity contribution in [2.24, 2.45) is 0 Å². The summed E-state index contributed by atoms with van der Waals surface area (Å²) in [6.07, 6.45) is 4.99. The van der Waals surface area contributed by atoms with Gasteiger partial charge in [0.15, 0.2) is 0 Å². The number of fused-ring (bicyclic) bond motifs is 2. The summed E-state index contributed by atoms with van der Waals surface area (Å²) in [6, 6.07) is 3.94. The van der Waals surface area contributed by atoms with E-state index in [0.717, 1.165) is 42.2 Å². The summed E-state index contributed by atoms with van der Waals surface area (Å²) in [5.41, 5.74) is 2.45. The van der Waals surface area contributed by atoms with Crippen LogP contribution in [0.2, 0.25) is 0 Å². The van der Waals surface area contributed by atoms with Gasteiger partial charge in [-0.25, -0.2) is 9.97 Å². The Morgan fingerprint density at radius 2 is 1.93 bits per heavy atom. The maximum absolute atomic E-state index is 9.53. The molecular formula is C20H26B2N4O4. The zero-order chi connectivity index (χ0) is 21.1. The first kappa shape index (κ1) is 19.8. The lowest BCUT2D eigenvalue weighted by Crippen LogP contribution is -2.46. The van der Waals surface area contributed by atoms with Crippen LogP contribution in [0, 0.1) is 0 Å². The maximum Gasteiger partial charge on any atom is 0.496 e. The Hall–Kier alpha value is -2.13. The molecule has 5 heterocycles. The summed E-state index contributed by atoms with van der Waals surface area (Å²) in [7, 11) is -2.01. The van der Waals surface area contributed by atoms with Crippen molar-refractivity contribution >= 4 is 36.8 Å². The molecule has 156 valence electrons. The Morgan fingerprint density at radius 3 is 2.73 bits per heavy atom. The molecule has 2 unspecified atom stereocenters. The molecule has 0 spiro atoms. The fraction of sp³-hybridized carbons (Fsp3) is 0.500. The van der Waals surface area contributed by atoms with Crippen molar-refractivity contribution in [3.05, 3.63) is 35.7 Å². The van der Waals surface area contributed by atoms with Crippen LogP contribution in [0.25, 0.3) is 0 Å². The molecule has 8 nitrogen and oxygen atoms in total. The van der Waals surface area contributed by atoms with Crippen molar-refractivity contribution in [3.63, 3.8) is 0 Å². The molecular weight excluding hydrogens is 382 g/mol. The van der Waals surface area contributed by atoms with E-state index in [1.807, 2.05) is 12.3 Å². The van der Waals surface area contributed by atoms with Crippen LogP contribution < -0.4 is 21.6 Å². The van der Waals surface area contributed by atoms with Gasteiger partial charge in [-0.15, -0.1) is 0 Å². The van der Waals surface area contributed by atoms with Crippen molar-refractivity contribution in [2.45, 2.75) is 50.7 Å². The maximum atomic E-state index is 9.53. The fourth-order valence-corrected chi connectivity index (χ4v) is 4.63. The van der Waals surface area contributed by atoms with Gasteiger partial charge in [0.2, 0.25) is 0 Å². The summed E-state index contributed by atoms with van der Waals surface area (Å²) >= 11 is 0. The number of nitrogens with one attached hydrogen (secondary N) is 2. The molecule has 30 heavy (non-hydrogen) atoms. The summed E-state index contributed by atoms with van der Waals surface area (Å²) in [5, 5.41) is 25.7. The van der Waals surface area contributed by atoms with Gasteiger partial charge in [0, 0.05) is 42.3 Å². The molecule has 2 aromatic rings. The summed E-state index contributed by atoms with van der Waals surface area (Å²) in [4.78, 5) is 8.86. The quantitative estimate of drug-likeness (QED) is 0.524. The Labute approximate surface area is 176 Å². The highest BCUT2D eigenvalue weighted by Crippen LogP contribution is 2.45. The second-order valence-corrected chi connectivity index (χ2v) is 9.12. The Morgan fingerprint density at radius 1 is 1.13 bits per heavy atom. The Balaban J connectivity index is 1.39. The van der Waals surface area contributed by atoms with E-state index in [2.05, 4.69) is 47.4 Å². The molecule has 2 aromatic heterocycles. The molecule has 10 heteroatoms. The Bertz CT molecular complexity index is 989. The lowest BCUT2D eigenvalue weighted by atomic mass is 9.76. The number of pyridine rings is 2. The average molecular weight is 408 g/mol. The molecule has 0 aromatic carbocycles. The lowest BCUT2D eigenvalue weighted by Gasteiger charge is -2.38. The van der Waals surface area contributed by atoms with Crippen LogP contribution in [-0.4, -0.2) is 58.5 Å². The van der Waals surface area contributed by atoms with Crippen molar-refractivity contribution < 1.29 is 19.4 Å². The van der Waals surface area contributed by atoms with Gasteiger partial charge in [-0.1, -0.05) is 12.1 Å². The van der Waals surface area contributed by atoms with Gasteiger partial charge in [-0.2, -0.15) is 0 Å². The van der Waals surface area contributed by atoms with Crippen LogP contribution in [0.4, 0.5) is 11.6 Å². The first-order valence-electron chi connectivity index (χ1n) is 10.4. The van der Waals surface area contributed by atoms with Gasteiger partial charge in [0.1, 0.15) is 11.6 Å². The normalized spacial score (nSPS) is 26.2. The van der Waals surface area contributed by atoms with Gasteiger partial charge < -0.3 is 30.0 Å². The molecule has 0 bridgehead atoms.